The summed E-state index contributed by atoms with van der Waals surface area (Å²) in [6.45, 7) is 0. The van der Waals surface area contributed by atoms with Gasteiger partial charge in [0.05, 0.1) is 0 Å². The quantitative estimate of drug-likeness (QED) is 0.765. The van der Waals surface area contributed by atoms with Gasteiger partial charge in [0, 0.05) is 17.8 Å². The summed E-state index contributed by atoms with van der Waals surface area (Å²) in [5.41, 5.74) is 5.57. The molecule has 0 amide bonds. The van der Waals surface area contributed by atoms with Gasteiger partial charge in [-0.1, -0.05) is 0 Å². The molecule has 6 heteroatoms. The number of nitrogens with one attached hydrogen (secondary N) is 1. The van der Waals surface area contributed by atoms with E-state index in [0.717, 1.165) is 6.20 Å². The van der Waals surface area contributed by atoms with Crippen LogP contribution in [-0.4, -0.2) is 16.1 Å². The van der Waals surface area contributed by atoms with E-state index >= 15 is 0 Å². The number of aromatic nitrogens is 2. The van der Waals surface area contributed by atoms with Gasteiger partial charge in [-0.3, -0.25) is 0 Å². The van der Waals surface area contributed by atoms with Crippen LogP contribution in [0.25, 0.3) is 11.0 Å². The van der Waals surface area contributed by atoms with Gasteiger partial charge in [-0.25, -0.2) is 4.98 Å². The topological polar surface area (TPSA) is 54.7 Å². The highest BCUT2D eigenvalue weighted by Crippen LogP contribution is 2.30. The number of alkyl halides is 3. The minimum Gasteiger partial charge on any atom is -0.346 e. The number of nitrogens with zero attached hydrogens (tertiary/aromatic N) is 1. The fourth-order valence-electron chi connectivity index (χ4n) is 1.32. The largest absolute Gasteiger partial charge is 0.407 e. The zero-order valence-corrected chi connectivity index (χ0v) is 7.55. The molecule has 0 saturated heterocycles. The highest BCUT2D eigenvalue weighted by molar-refractivity contribution is 5.75. The molecule has 1 atom stereocenters. The molecule has 0 bridgehead atoms. The predicted octanol–water partition coefficient (Wildman–Crippen LogP) is 2.12. The molecule has 2 aromatic rings. The molecule has 0 saturated carbocycles. The molecule has 0 unspecified atom stereocenters. The Kier molecular flexibility index (Phi) is 2.15. The van der Waals surface area contributed by atoms with Crippen molar-refractivity contribution in [2.75, 3.05) is 0 Å². The molecule has 2 heterocycles. The molecular weight excluding hydrogens is 207 g/mol. The number of halogens is 3. The third kappa shape index (κ3) is 1.80. The number of rotatable bonds is 1. The summed E-state index contributed by atoms with van der Waals surface area (Å²) in [7, 11) is 0. The average Bonchev–Trinajstić information content (AvgIpc) is 2.61. The Morgan fingerprint density at radius 2 is 2.13 bits per heavy atom. The van der Waals surface area contributed by atoms with E-state index in [1.54, 1.807) is 12.3 Å². The second kappa shape index (κ2) is 3.23. The minimum absolute atomic E-state index is 0.0328. The molecule has 0 aliphatic heterocycles. The van der Waals surface area contributed by atoms with Crippen molar-refractivity contribution in [3.8, 4) is 0 Å². The Labute approximate surface area is 83.1 Å². The summed E-state index contributed by atoms with van der Waals surface area (Å²) in [6, 6.07) is 1.05. The van der Waals surface area contributed by atoms with Crippen LogP contribution in [0.5, 0.6) is 0 Å². The lowest BCUT2D eigenvalue weighted by Crippen LogP contribution is -2.28. The predicted molar refractivity (Wildman–Crippen MR) is 49.1 cm³/mol. The smallest absolute Gasteiger partial charge is 0.346 e. The monoisotopic (exact) mass is 215 g/mol. The van der Waals surface area contributed by atoms with E-state index in [1.807, 2.05) is 0 Å². The average molecular weight is 215 g/mol. The normalized spacial score (nSPS) is 14.4. The SMILES string of the molecule is N[C@H](c1cnc2[nH]ccc2c1)C(F)(F)F. The first-order valence-corrected chi connectivity index (χ1v) is 4.24. The number of hydrogen-bond donors (Lipinski definition) is 2. The molecule has 3 N–H and O–H groups in total. The molecule has 15 heavy (non-hydrogen) atoms. The lowest BCUT2D eigenvalue weighted by Gasteiger charge is -2.15. The summed E-state index contributed by atoms with van der Waals surface area (Å²) in [6.07, 6.45) is -1.69. The lowest BCUT2D eigenvalue weighted by molar-refractivity contribution is -0.149. The van der Waals surface area contributed by atoms with Crippen LogP contribution in [-0.2, 0) is 0 Å². The lowest BCUT2D eigenvalue weighted by atomic mass is 10.1. The summed E-state index contributed by atoms with van der Waals surface area (Å²) in [5.74, 6) is 0. The second-order valence-corrected chi connectivity index (χ2v) is 3.20. The number of hydrogen-bond acceptors (Lipinski definition) is 2. The van der Waals surface area contributed by atoms with E-state index in [4.69, 9.17) is 5.73 Å². The van der Waals surface area contributed by atoms with Crippen molar-refractivity contribution < 1.29 is 13.2 Å². The van der Waals surface area contributed by atoms with Gasteiger partial charge >= 0.3 is 6.18 Å². The van der Waals surface area contributed by atoms with Crippen LogP contribution in [0.3, 0.4) is 0 Å². The molecule has 2 rings (SSSR count). The van der Waals surface area contributed by atoms with Gasteiger partial charge in [0.25, 0.3) is 0 Å². The maximum atomic E-state index is 12.3. The molecule has 0 radical (unpaired) electrons. The van der Waals surface area contributed by atoms with Gasteiger partial charge in [0.1, 0.15) is 11.7 Å². The van der Waals surface area contributed by atoms with Crippen molar-refractivity contribution in [1.29, 1.82) is 0 Å². The van der Waals surface area contributed by atoms with Crippen LogP contribution in [0.1, 0.15) is 11.6 Å². The van der Waals surface area contributed by atoms with E-state index < -0.39 is 12.2 Å². The third-order valence-corrected chi connectivity index (χ3v) is 2.13. The summed E-state index contributed by atoms with van der Waals surface area (Å²) < 4.78 is 36.9. The molecule has 0 aromatic carbocycles. The van der Waals surface area contributed by atoms with E-state index in [-0.39, 0.29) is 5.56 Å². The Bertz CT molecular complexity index is 475. The van der Waals surface area contributed by atoms with Gasteiger partial charge < -0.3 is 10.7 Å². The first-order valence-electron chi connectivity index (χ1n) is 4.24. The summed E-state index contributed by atoms with van der Waals surface area (Å²) >= 11 is 0. The summed E-state index contributed by atoms with van der Waals surface area (Å²) in [4.78, 5) is 6.63. The molecule has 2 aromatic heterocycles. The minimum atomic E-state index is -4.44. The maximum Gasteiger partial charge on any atom is 0.407 e. The summed E-state index contributed by atoms with van der Waals surface area (Å²) in [5, 5.41) is 0.618. The van der Waals surface area contributed by atoms with Gasteiger partial charge in [-0.15, -0.1) is 0 Å². The fourth-order valence-corrected chi connectivity index (χ4v) is 1.32. The molecule has 3 nitrogen and oxygen atoms in total. The Hall–Kier alpha value is -1.56. The molecule has 80 valence electrons. The van der Waals surface area contributed by atoms with Crippen LogP contribution >= 0.6 is 0 Å². The van der Waals surface area contributed by atoms with E-state index in [0.29, 0.717) is 11.0 Å². The third-order valence-electron chi connectivity index (χ3n) is 2.13. The van der Waals surface area contributed by atoms with E-state index in [1.165, 1.54) is 6.07 Å². The van der Waals surface area contributed by atoms with Crippen molar-refractivity contribution in [2.45, 2.75) is 12.2 Å². The first kappa shape index (κ1) is 9.97. The molecule has 0 aliphatic carbocycles. The van der Waals surface area contributed by atoms with Crippen LogP contribution in [0.15, 0.2) is 24.5 Å². The Balaban J connectivity index is 2.44. The van der Waals surface area contributed by atoms with Crippen molar-refractivity contribution in [3.63, 3.8) is 0 Å². The molecular formula is C9H8F3N3. The number of pyridine rings is 1. The Morgan fingerprint density at radius 1 is 1.40 bits per heavy atom. The van der Waals surface area contributed by atoms with Gasteiger partial charge in [0.2, 0.25) is 0 Å². The number of H-pyrrole nitrogens is 1. The maximum absolute atomic E-state index is 12.3. The van der Waals surface area contributed by atoms with Gasteiger partial charge in [-0.2, -0.15) is 13.2 Å². The molecule has 0 spiro atoms. The van der Waals surface area contributed by atoms with Gasteiger partial charge in [-0.05, 0) is 17.7 Å². The zero-order chi connectivity index (χ0) is 11.1. The van der Waals surface area contributed by atoms with Crippen molar-refractivity contribution in [1.82, 2.24) is 9.97 Å². The standard InChI is InChI=1S/C9H8F3N3/c10-9(11,12)7(13)6-3-5-1-2-14-8(5)15-4-6/h1-4,7H,13H2,(H,14,15)/t7-/m1/s1. The Morgan fingerprint density at radius 3 is 2.80 bits per heavy atom. The number of fused-ring (bicyclic) bond motifs is 1. The second-order valence-electron chi connectivity index (χ2n) is 3.20. The van der Waals surface area contributed by atoms with E-state index in [2.05, 4.69) is 9.97 Å². The van der Waals surface area contributed by atoms with Crippen LogP contribution in [0.4, 0.5) is 13.2 Å². The molecule has 0 fully saturated rings. The fraction of sp³-hybridized carbons (Fsp3) is 0.222. The number of aromatic amines is 1. The van der Waals surface area contributed by atoms with Crippen LogP contribution in [0.2, 0.25) is 0 Å². The zero-order valence-electron chi connectivity index (χ0n) is 7.55. The van der Waals surface area contributed by atoms with Gasteiger partial charge in [0.15, 0.2) is 0 Å². The van der Waals surface area contributed by atoms with E-state index in [9.17, 15) is 13.2 Å². The molecule has 0 aliphatic rings. The van der Waals surface area contributed by atoms with Crippen molar-refractivity contribution >= 4 is 11.0 Å². The number of nitrogens with two attached hydrogens (primary N) is 1. The van der Waals surface area contributed by atoms with Crippen LogP contribution < -0.4 is 5.73 Å². The highest BCUT2D eigenvalue weighted by Gasteiger charge is 2.38. The van der Waals surface area contributed by atoms with Crippen molar-refractivity contribution in [2.24, 2.45) is 5.73 Å². The van der Waals surface area contributed by atoms with Crippen LogP contribution in [0, 0.1) is 0 Å². The first-order chi connectivity index (χ1) is 6.98. The van der Waals surface area contributed by atoms with Crippen molar-refractivity contribution in [3.05, 3.63) is 30.1 Å². The highest BCUT2D eigenvalue weighted by atomic mass is 19.4.